The molecule has 2 amide bonds. The molecule has 30 heavy (non-hydrogen) atoms. The number of hydrogen-bond acceptors (Lipinski definition) is 5. The Morgan fingerprint density at radius 1 is 1.07 bits per heavy atom. The van der Waals surface area contributed by atoms with Crippen molar-refractivity contribution in [2.24, 2.45) is 5.92 Å². The number of sulfonamides is 1. The summed E-state index contributed by atoms with van der Waals surface area (Å²) < 4.78 is 38.8. The van der Waals surface area contributed by atoms with Crippen molar-refractivity contribution in [3.63, 3.8) is 0 Å². The second-order valence-corrected chi connectivity index (χ2v) is 9.31. The summed E-state index contributed by atoms with van der Waals surface area (Å²) in [7, 11) is -0.550. The number of hydrogen-bond donors (Lipinski definition) is 2. The van der Waals surface area contributed by atoms with Crippen LogP contribution in [-0.2, 0) is 10.0 Å². The molecule has 1 saturated heterocycles. The lowest BCUT2D eigenvalue weighted by Gasteiger charge is -2.33. The van der Waals surface area contributed by atoms with Crippen LogP contribution < -0.4 is 19.5 Å². The van der Waals surface area contributed by atoms with Gasteiger partial charge in [-0.3, -0.25) is 0 Å². The topological polar surface area (TPSA) is 97.0 Å². The van der Waals surface area contributed by atoms with Crippen LogP contribution in [0.3, 0.4) is 0 Å². The number of piperidine rings is 1. The number of anilines is 1. The predicted octanol–water partition coefficient (Wildman–Crippen LogP) is 2.68. The lowest BCUT2D eigenvalue weighted by atomic mass is 10.1. The highest BCUT2D eigenvalue weighted by atomic mass is 32.2. The van der Waals surface area contributed by atoms with Gasteiger partial charge in [0.25, 0.3) is 0 Å². The van der Waals surface area contributed by atoms with Crippen LogP contribution >= 0.6 is 0 Å². The van der Waals surface area contributed by atoms with Gasteiger partial charge in [-0.05, 0) is 43.0 Å². The maximum absolute atomic E-state index is 13.0. The molecule has 2 aromatic carbocycles. The Morgan fingerprint density at radius 3 is 2.50 bits per heavy atom. The van der Waals surface area contributed by atoms with E-state index in [1.807, 2.05) is 0 Å². The molecular weight excluding hydrogens is 406 g/mol. The van der Waals surface area contributed by atoms with Crippen LogP contribution in [0.25, 0.3) is 0 Å². The number of rotatable bonds is 6. The van der Waals surface area contributed by atoms with Gasteiger partial charge in [-0.1, -0.05) is 18.2 Å². The normalized spacial score (nSPS) is 22.7. The zero-order valence-electron chi connectivity index (χ0n) is 16.9. The van der Waals surface area contributed by atoms with Crippen LogP contribution in [0.2, 0.25) is 0 Å². The lowest BCUT2D eigenvalue weighted by molar-refractivity contribution is 0.183. The van der Waals surface area contributed by atoms with Crippen molar-refractivity contribution < 1.29 is 22.7 Å². The van der Waals surface area contributed by atoms with Crippen molar-refractivity contribution in [1.82, 2.24) is 9.62 Å². The average molecular weight is 432 g/mol. The number of nitrogens with one attached hydrogen (secondary N) is 2. The Balaban J connectivity index is 1.47. The standard InChI is InChI=1S/C21H25N3O5S/c1-28-15-8-9-17(20(12-15)29-2)22-21(25)24-13-14-10-18(19(24)11-14)23-30(26,27)16-6-4-3-5-7-16/h3-9,12,14,18-19,23H,10-11,13H2,1-2H3,(H,22,25)/t14-,18+,19-/m1/s1. The van der Waals surface area contributed by atoms with E-state index >= 15 is 0 Å². The van der Waals surface area contributed by atoms with Gasteiger partial charge >= 0.3 is 6.03 Å². The Hall–Kier alpha value is -2.78. The van der Waals surface area contributed by atoms with Crippen molar-refractivity contribution in [3.05, 3.63) is 48.5 Å². The van der Waals surface area contributed by atoms with Gasteiger partial charge in [0.1, 0.15) is 11.5 Å². The number of carbonyl (C=O) groups is 1. The van der Waals surface area contributed by atoms with Crippen molar-refractivity contribution in [1.29, 1.82) is 0 Å². The quantitative estimate of drug-likeness (QED) is 0.733. The van der Waals surface area contributed by atoms with Crippen molar-refractivity contribution in [2.45, 2.75) is 29.8 Å². The first kappa shape index (κ1) is 20.5. The highest BCUT2D eigenvalue weighted by molar-refractivity contribution is 7.89. The minimum atomic E-state index is -3.63. The molecule has 1 aliphatic carbocycles. The Labute approximate surface area is 176 Å². The van der Waals surface area contributed by atoms with Gasteiger partial charge in [-0.25, -0.2) is 17.9 Å². The molecule has 3 atom stereocenters. The molecule has 2 bridgehead atoms. The number of methoxy groups -OCH3 is 2. The van der Waals surface area contributed by atoms with Gasteiger partial charge in [-0.15, -0.1) is 0 Å². The van der Waals surface area contributed by atoms with Crippen LogP contribution in [0.1, 0.15) is 12.8 Å². The van der Waals surface area contributed by atoms with E-state index < -0.39 is 10.0 Å². The van der Waals surface area contributed by atoms with Crippen LogP contribution in [-0.4, -0.2) is 52.2 Å². The van der Waals surface area contributed by atoms with Crippen LogP contribution in [0, 0.1) is 5.92 Å². The highest BCUT2D eigenvalue weighted by Crippen LogP contribution is 2.39. The molecular formula is C21H25N3O5S. The van der Waals surface area contributed by atoms with Gasteiger partial charge in [0.2, 0.25) is 10.0 Å². The average Bonchev–Trinajstić information content (AvgIpc) is 3.35. The van der Waals surface area contributed by atoms with E-state index in [9.17, 15) is 13.2 Å². The summed E-state index contributed by atoms with van der Waals surface area (Å²) in [4.78, 5) is 14.9. The molecule has 2 N–H and O–H groups in total. The molecule has 2 aromatic rings. The van der Waals surface area contributed by atoms with E-state index in [-0.39, 0.29) is 28.9 Å². The number of ether oxygens (including phenoxy) is 2. The van der Waals surface area contributed by atoms with Gasteiger partial charge in [0.05, 0.1) is 30.8 Å². The third kappa shape index (κ3) is 3.95. The molecule has 0 radical (unpaired) electrons. The van der Waals surface area contributed by atoms with Crippen molar-refractivity contribution in [3.8, 4) is 11.5 Å². The SMILES string of the molecule is COc1ccc(NC(=O)N2C[C@@H]3C[C@H](NS(=O)(=O)c4ccccc4)[C@H]2C3)c(OC)c1. The van der Waals surface area contributed by atoms with E-state index in [1.54, 1.807) is 60.5 Å². The fourth-order valence-corrected chi connectivity index (χ4v) is 5.64. The van der Waals surface area contributed by atoms with Crippen molar-refractivity contribution in [2.75, 3.05) is 26.1 Å². The molecule has 8 nitrogen and oxygen atoms in total. The number of carbonyl (C=O) groups excluding carboxylic acids is 1. The Bertz CT molecular complexity index is 1030. The van der Waals surface area contributed by atoms with Gasteiger partial charge in [-0.2, -0.15) is 0 Å². The molecule has 1 aliphatic heterocycles. The van der Waals surface area contributed by atoms with Crippen LogP contribution in [0.15, 0.2) is 53.4 Å². The second-order valence-electron chi connectivity index (χ2n) is 7.59. The molecule has 2 aliphatic rings. The van der Waals surface area contributed by atoms with Gasteiger partial charge in [0, 0.05) is 18.7 Å². The van der Waals surface area contributed by atoms with Crippen LogP contribution in [0.5, 0.6) is 11.5 Å². The highest BCUT2D eigenvalue weighted by Gasteiger charge is 2.48. The van der Waals surface area contributed by atoms with Crippen molar-refractivity contribution >= 4 is 21.7 Å². The monoisotopic (exact) mass is 431 g/mol. The fourth-order valence-electron chi connectivity index (χ4n) is 4.34. The van der Waals surface area contributed by atoms with E-state index in [2.05, 4.69) is 10.0 Å². The minimum Gasteiger partial charge on any atom is -0.497 e. The lowest BCUT2D eigenvalue weighted by Crippen LogP contribution is -2.52. The number of urea groups is 1. The molecule has 0 spiro atoms. The Kier molecular flexibility index (Phi) is 5.57. The first-order valence-electron chi connectivity index (χ1n) is 9.78. The smallest absolute Gasteiger partial charge is 0.322 e. The van der Waals surface area contributed by atoms with E-state index in [0.29, 0.717) is 23.7 Å². The first-order valence-corrected chi connectivity index (χ1v) is 11.3. The third-order valence-corrected chi connectivity index (χ3v) is 7.26. The van der Waals surface area contributed by atoms with E-state index in [4.69, 9.17) is 9.47 Å². The number of nitrogens with zero attached hydrogens (tertiary/aromatic N) is 1. The van der Waals surface area contributed by atoms with E-state index in [1.165, 1.54) is 7.11 Å². The third-order valence-electron chi connectivity index (χ3n) is 5.75. The predicted molar refractivity (Wildman–Crippen MR) is 112 cm³/mol. The zero-order valence-corrected chi connectivity index (χ0v) is 17.7. The fraction of sp³-hybridized carbons (Fsp3) is 0.381. The summed E-state index contributed by atoms with van der Waals surface area (Å²) in [5, 5.41) is 2.88. The molecule has 9 heteroatoms. The maximum atomic E-state index is 13.0. The number of likely N-dealkylation sites (tertiary alicyclic amines) is 1. The molecule has 2 fully saturated rings. The number of amides is 2. The summed E-state index contributed by atoms with van der Waals surface area (Å²) in [5.74, 6) is 1.40. The summed E-state index contributed by atoms with van der Waals surface area (Å²) in [5.41, 5.74) is 0.535. The minimum absolute atomic E-state index is 0.183. The second kappa shape index (κ2) is 8.16. The maximum Gasteiger partial charge on any atom is 0.322 e. The summed E-state index contributed by atoms with van der Waals surface area (Å²) >= 11 is 0. The molecule has 0 unspecified atom stereocenters. The Morgan fingerprint density at radius 2 is 1.83 bits per heavy atom. The first-order chi connectivity index (χ1) is 14.4. The largest absolute Gasteiger partial charge is 0.497 e. The van der Waals surface area contributed by atoms with Gasteiger partial charge < -0.3 is 19.7 Å². The molecule has 0 aromatic heterocycles. The van der Waals surface area contributed by atoms with E-state index in [0.717, 1.165) is 12.8 Å². The molecule has 160 valence electrons. The number of fused-ring (bicyclic) bond motifs is 2. The molecule has 4 rings (SSSR count). The number of benzene rings is 2. The summed E-state index contributed by atoms with van der Waals surface area (Å²) in [6.45, 7) is 0.610. The molecule has 1 saturated carbocycles. The van der Waals surface area contributed by atoms with Crippen LogP contribution in [0.4, 0.5) is 10.5 Å². The summed E-state index contributed by atoms with van der Waals surface area (Å²) in [6.07, 6.45) is 1.52. The zero-order chi connectivity index (χ0) is 21.3. The van der Waals surface area contributed by atoms with Gasteiger partial charge in [0.15, 0.2) is 0 Å². The molecule has 1 heterocycles. The summed E-state index contributed by atoms with van der Waals surface area (Å²) in [6, 6.07) is 12.7.